The maximum Gasteiger partial charge on any atom is 0.258 e. The summed E-state index contributed by atoms with van der Waals surface area (Å²) in [5.74, 6) is -2.83. The van der Waals surface area contributed by atoms with E-state index in [1.54, 1.807) is 30.3 Å². The molecule has 0 fully saturated rings. The topological polar surface area (TPSA) is 82.7 Å². The average molecular weight is 348 g/mol. The zero-order valence-corrected chi connectivity index (χ0v) is 12.8. The Labute approximate surface area is 140 Å². The van der Waals surface area contributed by atoms with E-state index in [-0.39, 0.29) is 22.2 Å². The summed E-state index contributed by atoms with van der Waals surface area (Å²) in [5, 5.41) is 22.1. The second-order valence-electron chi connectivity index (χ2n) is 4.91. The number of hydrogen-bond donors (Lipinski definition) is 3. The summed E-state index contributed by atoms with van der Waals surface area (Å²) in [6.45, 7) is 0. The molecule has 24 heavy (non-hydrogen) atoms. The molecular formula is C17H11ClFNO4. The van der Waals surface area contributed by atoms with E-state index in [1.165, 1.54) is 12.1 Å². The Morgan fingerprint density at radius 2 is 1.79 bits per heavy atom. The number of nitrogens with one attached hydrogen (secondary N) is 1. The van der Waals surface area contributed by atoms with Crippen molar-refractivity contribution >= 4 is 23.4 Å². The first kappa shape index (κ1) is 15.9. The third-order valence-electron chi connectivity index (χ3n) is 3.30. The number of halogens is 2. The average Bonchev–Trinajstić information content (AvgIpc) is 2.86. The van der Waals surface area contributed by atoms with Gasteiger partial charge in [0.05, 0.1) is 5.02 Å². The normalized spacial score (nSPS) is 10.6. The number of aromatic hydroxyl groups is 2. The standard InChI is InChI=1S/C17H11ClFNO4/c18-11-8-10(6-7-12(11)19)15-13(21)14(22)17(24-15)20-16(23)9-4-2-1-3-5-9/h1-8,21-22H,(H,20,23). The lowest BCUT2D eigenvalue weighted by Crippen LogP contribution is -2.10. The SMILES string of the molecule is O=C(Nc1oc(-c2ccc(F)c(Cl)c2)c(O)c1O)c1ccccc1. The van der Waals surface area contributed by atoms with Crippen molar-refractivity contribution in [2.24, 2.45) is 0 Å². The van der Waals surface area contributed by atoms with E-state index in [0.717, 1.165) is 6.07 Å². The van der Waals surface area contributed by atoms with Crippen molar-refractivity contribution in [3.8, 4) is 22.8 Å². The minimum Gasteiger partial charge on any atom is -0.502 e. The Morgan fingerprint density at radius 3 is 2.46 bits per heavy atom. The molecule has 0 aliphatic rings. The Kier molecular flexibility index (Phi) is 4.14. The van der Waals surface area contributed by atoms with Crippen molar-refractivity contribution in [2.75, 3.05) is 5.32 Å². The first-order valence-electron chi connectivity index (χ1n) is 6.84. The monoisotopic (exact) mass is 347 g/mol. The summed E-state index contributed by atoms with van der Waals surface area (Å²) in [6.07, 6.45) is 0. The van der Waals surface area contributed by atoms with Crippen LogP contribution in [0.2, 0.25) is 5.02 Å². The minimum absolute atomic E-state index is 0.141. The van der Waals surface area contributed by atoms with Gasteiger partial charge in [-0.05, 0) is 30.3 Å². The lowest BCUT2D eigenvalue weighted by molar-refractivity contribution is 0.102. The number of rotatable bonds is 3. The van der Waals surface area contributed by atoms with E-state index in [1.807, 2.05) is 0 Å². The molecule has 1 amide bonds. The van der Waals surface area contributed by atoms with Crippen LogP contribution in [0.15, 0.2) is 52.9 Å². The van der Waals surface area contributed by atoms with Crippen molar-refractivity contribution in [1.82, 2.24) is 0 Å². The molecule has 0 atom stereocenters. The van der Waals surface area contributed by atoms with E-state index < -0.39 is 23.2 Å². The molecule has 0 unspecified atom stereocenters. The van der Waals surface area contributed by atoms with Crippen LogP contribution in [0.4, 0.5) is 10.3 Å². The molecule has 0 aliphatic carbocycles. The molecule has 2 aromatic carbocycles. The van der Waals surface area contributed by atoms with Crippen molar-refractivity contribution in [2.45, 2.75) is 0 Å². The van der Waals surface area contributed by atoms with Crippen molar-refractivity contribution in [3.05, 3.63) is 64.9 Å². The molecule has 1 heterocycles. The largest absolute Gasteiger partial charge is 0.502 e. The van der Waals surface area contributed by atoms with Gasteiger partial charge < -0.3 is 14.6 Å². The Bertz CT molecular complexity index is 908. The van der Waals surface area contributed by atoms with Gasteiger partial charge in [0, 0.05) is 11.1 Å². The molecule has 0 bridgehead atoms. The van der Waals surface area contributed by atoms with Gasteiger partial charge in [-0.25, -0.2) is 4.39 Å². The fourth-order valence-corrected chi connectivity index (χ4v) is 2.28. The van der Waals surface area contributed by atoms with Crippen molar-refractivity contribution in [3.63, 3.8) is 0 Å². The number of benzene rings is 2. The lowest BCUT2D eigenvalue weighted by atomic mass is 10.1. The zero-order chi connectivity index (χ0) is 17.3. The van der Waals surface area contributed by atoms with Crippen LogP contribution in [-0.4, -0.2) is 16.1 Å². The van der Waals surface area contributed by atoms with Crippen molar-refractivity contribution in [1.29, 1.82) is 0 Å². The molecule has 1 aromatic heterocycles. The highest BCUT2D eigenvalue weighted by Gasteiger charge is 2.23. The molecule has 0 spiro atoms. The molecule has 3 aromatic rings. The van der Waals surface area contributed by atoms with Crippen LogP contribution >= 0.6 is 11.6 Å². The molecule has 5 nitrogen and oxygen atoms in total. The Hall–Kier alpha value is -2.99. The van der Waals surface area contributed by atoms with Crippen LogP contribution in [0.5, 0.6) is 11.5 Å². The van der Waals surface area contributed by atoms with Gasteiger partial charge in [-0.3, -0.25) is 10.1 Å². The van der Waals surface area contributed by atoms with Gasteiger partial charge in [-0.1, -0.05) is 29.8 Å². The quantitative estimate of drug-likeness (QED) is 0.655. The smallest absolute Gasteiger partial charge is 0.258 e. The van der Waals surface area contributed by atoms with Gasteiger partial charge in [-0.2, -0.15) is 0 Å². The van der Waals surface area contributed by atoms with Crippen molar-refractivity contribution < 1.29 is 23.8 Å². The van der Waals surface area contributed by atoms with Gasteiger partial charge in [0.2, 0.25) is 17.4 Å². The predicted octanol–water partition coefficient (Wildman–Crippen LogP) is 4.40. The number of furan rings is 1. The number of carbonyl (C=O) groups is 1. The molecular weight excluding hydrogens is 337 g/mol. The van der Waals surface area contributed by atoms with E-state index >= 15 is 0 Å². The van der Waals surface area contributed by atoms with Gasteiger partial charge in [-0.15, -0.1) is 0 Å². The highest BCUT2D eigenvalue weighted by atomic mass is 35.5. The summed E-state index contributed by atoms with van der Waals surface area (Å²) < 4.78 is 18.5. The Balaban J connectivity index is 1.94. The first-order chi connectivity index (χ1) is 11.5. The third-order valence-corrected chi connectivity index (χ3v) is 3.59. The van der Waals surface area contributed by atoms with E-state index in [9.17, 15) is 19.4 Å². The summed E-state index contributed by atoms with van der Waals surface area (Å²) in [7, 11) is 0. The molecule has 0 radical (unpaired) electrons. The molecule has 122 valence electrons. The maximum absolute atomic E-state index is 13.2. The maximum atomic E-state index is 13.2. The third kappa shape index (κ3) is 2.91. The van der Waals surface area contributed by atoms with E-state index in [2.05, 4.69) is 5.32 Å². The molecule has 0 aliphatic heterocycles. The second kappa shape index (κ2) is 6.25. The summed E-state index contributed by atoms with van der Waals surface area (Å²) in [4.78, 5) is 12.1. The fraction of sp³-hybridized carbons (Fsp3) is 0. The minimum atomic E-state index is -0.631. The molecule has 7 heteroatoms. The first-order valence-corrected chi connectivity index (χ1v) is 7.21. The van der Waals surface area contributed by atoms with Crippen LogP contribution in [0.1, 0.15) is 10.4 Å². The van der Waals surface area contributed by atoms with Crippen LogP contribution in [0.25, 0.3) is 11.3 Å². The highest BCUT2D eigenvalue weighted by molar-refractivity contribution is 6.31. The summed E-state index contributed by atoms with van der Waals surface area (Å²) in [5.41, 5.74) is 0.591. The zero-order valence-electron chi connectivity index (χ0n) is 12.1. The summed E-state index contributed by atoms with van der Waals surface area (Å²) in [6, 6.07) is 11.9. The van der Waals surface area contributed by atoms with Gasteiger partial charge >= 0.3 is 0 Å². The van der Waals surface area contributed by atoms with Gasteiger partial charge in [0.25, 0.3) is 5.91 Å². The van der Waals surface area contributed by atoms with Crippen LogP contribution < -0.4 is 5.32 Å². The number of hydrogen-bond acceptors (Lipinski definition) is 4. The van der Waals surface area contributed by atoms with E-state index in [4.69, 9.17) is 16.0 Å². The van der Waals surface area contributed by atoms with Crippen LogP contribution in [-0.2, 0) is 0 Å². The molecule has 3 rings (SSSR count). The number of anilines is 1. The summed E-state index contributed by atoms with van der Waals surface area (Å²) >= 11 is 5.70. The fourth-order valence-electron chi connectivity index (χ4n) is 2.10. The van der Waals surface area contributed by atoms with Gasteiger partial charge in [0.15, 0.2) is 5.76 Å². The molecule has 0 saturated heterocycles. The lowest BCUT2D eigenvalue weighted by Gasteiger charge is -2.02. The second-order valence-corrected chi connectivity index (χ2v) is 5.31. The van der Waals surface area contributed by atoms with E-state index in [0.29, 0.717) is 5.56 Å². The van der Waals surface area contributed by atoms with Crippen LogP contribution in [0, 0.1) is 5.82 Å². The molecule has 3 N–H and O–H groups in total. The Morgan fingerprint density at radius 1 is 1.08 bits per heavy atom. The molecule has 0 saturated carbocycles. The number of amides is 1. The van der Waals surface area contributed by atoms with Gasteiger partial charge in [0.1, 0.15) is 5.82 Å². The predicted molar refractivity (Wildman–Crippen MR) is 86.8 cm³/mol. The number of carbonyl (C=O) groups excluding carboxylic acids is 1. The highest BCUT2D eigenvalue weighted by Crippen LogP contribution is 2.45. The van der Waals surface area contributed by atoms with Crippen LogP contribution in [0.3, 0.4) is 0 Å².